The molecule has 0 saturated carbocycles. The van der Waals surface area contributed by atoms with Gasteiger partial charge in [0, 0.05) is 26.0 Å². The van der Waals surface area contributed by atoms with Crippen LogP contribution in [0.15, 0.2) is 24.5 Å². The van der Waals surface area contributed by atoms with Crippen molar-refractivity contribution >= 4 is 0 Å². The Morgan fingerprint density at radius 1 is 1.12 bits per heavy atom. The van der Waals surface area contributed by atoms with Gasteiger partial charge in [-0.15, -0.1) is 0 Å². The molecule has 90 valence electrons. The summed E-state index contributed by atoms with van der Waals surface area (Å²) in [5.41, 5.74) is 1.31. The second-order valence-corrected chi connectivity index (χ2v) is 3.46. The molecule has 0 spiro atoms. The summed E-state index contributed by atoms with van der Waals surface area (Å²) in [5.74, 6) is 0. The van der Waals surface area contributed by atoms with Crippen LogP contribution < -0.4 is 5.32 Å². The minimum atomic E-state index is 0.664. The molecular weight excluding hydrogens is 204 g/mol. The van der Waals surface area contributed by atoms with Crippen LogP contribution in [0, 0.1) is 0 Å². The van der Waals surface area contributed by atoms with Crippen LogP contribution in [0.2, 0.25) is 0 Å². The molecule has 1 aromatic heterocycles. The summed E-state index contributed by atoms with van der Waals surface area (Å²) in [4.78, 5) is 3.98. The van der Waals surface area contributed by atoms with Crippen molar-refractivity contribution in [2.45, 2.75) is 6.42 Å². The molecule has 0 aromatic carbocycles. The lowest BCUT2D eigenvalue weighted by molar-refractivity contribution is 0.0721. The fourth-order valence-corrected chi connectivity index (χ4v) is 1.30. The van der Waals surface area contributed by atoms with Gasteiger partial charge in [0.15, 0.2) is 0 Å². The van der Waals surface area contributed by atoms with Crippen LogP contribution in [0.4, 0.5) is 0 Å². The van der Waals surface area contributed by atoms with Crippen molar-refractivity contribution in [3.8, 4) is 0 Å². The van der Waals surface area contributed by atoms with E-state index >= 15 is 0 Å². The number of nitrogens with zero attached hydrogens (tertiary/aromatic N) is 1. The van der Waals surface area contributed by atoms with E-state index in [0.717, 1.165) is 26.1 Å². The average molecular weight is 224 g/mol. The van der Waals surface area contributed by atoms with E-state index in [2.05, 4.69) is 10.3 Å². The molecule has 1 rings (SSSR count). The fraction of sp³-hybridized carbons (Fsp3) is 0.583. The van der Waals surface area contributed by atoms with Crippen molar-refractivity contribution in [1.82, 2.24) is 10.3 Å². The van der Waals surface area contributed by atoms with E-state index < -0.39 is 0 Å². The zero-order valence-corrected chi connectivity index (χ0v) is 9.82. The minimum Gasteiger partial charge on any atom is -0.382 e. The standard InChI is InChI=1S/C12H20N2O2/c1-15-10-11-16-9-8-14-7-4-12-2-5-13-6-3-12/h2-3,5-6,14H,4,7-11H2,1H3. The van der Waals surface area contributed by atoms with Crippen LogP contribution in [-0.4, -0.2) is 45.0 Å². The molecule has 0 atom stereocenters. The van der Waals surface area contributed by atoms with E-state index in [0.29, 0.717) is 13.2 Å². The molecule has 1 N–H and O–H groups in total. The highest BCUT2D eigenvalue weighted by atomic mass is 16.5. The highest BCUT2D eigenvalue weighted by molar-refractivity contribution is 5.09. The van der Waals surface area contributed by atoms with Crippen molar-refractivity contribution in [3.63, 3.8) is 0 Å². The summed E-state index contributed by atoms with van der Waals surface area (Å²) in [6.07, 6.45) is 4.67. The molecule has 1 aromatic rings. The first-order valence-corrected chi connectivity index (χ1v) is 5.60. The van der Waals surface area contributed by atoms with Gasteiger partial charge in [-0.05, 0) is 30.7 Å². The molecular formula is C12H20N2O2. The Balaban J connectivity index is 1.89. The molecule has 0 fully saturated rings. The lowest BCUT2D eigenvalue weighted by Gasteiger charge is -2.05. The fourth-order valence-electron chi connectivity index (χ4n) is 1.30. The first kappa shape index (κ1) is 13.1. The minimum absolute atomic E-state index is 0.664. The van der Waals surface area contributed by atoms with Gasteiger partial charge in [0.2, 0.25) is 0 Å². The smallest absolute Gasteiger partial charge is 0.0700 e. The van der Waals surface area contributed by atoms with E-state index in [1.54, 1.807) is 7.11 Å². The van der Waals surface area contributed by atoms with Crippen LogP contribution in [0.5, 0.6) is 0 Å². The Hall–Kier alpha value is -0.970. The monoisotopic (exact) mass is 224 g/mol. The number of ether oxygens (including phenoxy) is 2. The summed E-state index contributed by atoms with van der Waals surface area (Å²) >= 11 is 0. The van der Waals surface area contributed by atoms with Gasteiger partial charge in [-0.25, -0.2) is 0 Å². The Morgan fingerprint density at radius 3 is 2.69 bits per heavy atom. The topological polar surface area (TPSA) is 43.4 Å². The number of pyridine rings is 1. The average Bonchev–Trinajstić information content (AvgIpc) is 2.34. The van der Waals surface area contributed by atoms with Gasteiger partial charge in [-0.1, -0.05) is 0 Å². The molecule has 0 aliphatic rings. The molecule has 0 saturated heterocycles. The molecule has 0 unspecified atom stereocenters. The molecule has 0 radical (unpaired) electrons. The Kier molecular flexibility index (Phi) is 7.59. The number of rotatable bonds is 9. The van der Waals surface area contributed by atoms with Crippen LogP contribution in [0.3, 0.4) is 0 Å². The van der Waals surface area contributed by atoms with Gasteiger partial charge in [0.05, 0.1) is 19.8 Å². The van der Waals surface area contributed by atoms with Crippen molar-refractivity contribution in [2.75, 3.05) is 40.0 Å². The Labute approximate surface area is 97.0 Å². The van der Waals surface area contributed by atoms with Crippen molar-refractivity contribution in [3.05, 3.63) is 30.1 Å². The first-order valence-electron chi connectivity index (χ1n) is 5.60. The third-order valence-corrected chi connectivity index (χ3v) is 2.19. The van der Waals surface area contributed by atoms with Crippen LogP contribution in [0.25, 0.3) is 0 Å². The Bertz CT molecular complexity index is 254. The van der Waals surface area contributed by atoms with Crippen LogP contribution in [-0.2, 0) is 15.9 Å². The zero-order chi connectivity index (χ0) is 11.5. The van der Waals surface area contributed by atoms with Gasteiger partial charge in [0.25, 0.3) is 0 Å². The predicted molar refractivity (Wildman–Crippen MR) is 63.5 cm³/mol. The van der Waals surface area contributed by atoms with Crippen LogP contribution >= 0.6 is 0 Å². The number of hydrogen-bond donors (Lipinski definition) is 1. The van der Waals surface area contributed by atoms with Crippen molar-refractivity contribution in [2.24, 2.45) is 0 Å². The summed E-state index contributed by atoms with van der Waals surface area (Å²) in [7, 11) is 1.68. The van der Waals surface area contributed by atoms with Crippen molar-refractivity contribution < 1.29 is 9.47 Å². The molecule has 0 aliphatic carbocycles. The largest absolute Gasteiger partial charge is 0.382 e. The summed E-state index contributed by atoms with van der Waals surface area (Å²) < 4.78 is 10.2. The van der Waals surface area contributed by atoms with Crippen LogP contribution in [0.1, 0.15) is 5.56 Å². The second kappa shape index (κ2) is 9.27. The normalized spacial score (nSPS) is 10.6. The van der Waals surface area contributed by atoms with E-state index in [4.69, 9.17) is 9.47 Å². The Morgan fingerprint density at radius 2 is 1.94 bits per heavy atom. The van der Waals surface area contributed by atoms with E-state index in [9.17, 15) is 0 Å². The quantitative estimate of drug-likeness (QED) is 0.632. The zero-order valence-electron chi connectivity index (χ0n) is 9.82. The van der Waals surface area contributed by atoms with E-state index in [-0.39, 0.29) is 0 Å². The maximum Gasteiger partial charge on any atom is 0.0700 e. The third-order valence-electron chi connectivity index (χ3n) is 2.19. The lowest BCUT2D eigenvalue weighted by Crippen LogP contribution is -2.22. The van der Waals surface area contributed by atoms with E-state index in [1.165, 1.54) is 5.56 Å². The number of hydrogen-bond acceptors (Lipinski definition) is 4. The highest BCUT2D eigenvalue weighted by Crippen LogP contribution is 1.95. The maximum absolute atomic E-state index is 5.33. The molecule has 1 heterocycles. The first-order chi connectivity index (χ1) is 7.93. The van der Waals surface area contributed by atoms with Gasteiger partial charge < -0.3 is 14.8 Å². The van der Waals surface area contributed by atoms with Crippen molar-refractivity contribution in [1.29, 1.82) is 0 Å². The predicted octanol–water partition coefficient (Wildman–Crippen LogP) is 0.877. The summed E-state index contributed by atoms with van der Waals surface area (Å²) in [6, 6.07) is 4.08. The summed E-state index contributed by atoms with van der Waals surface area (Å²) in [6.45, 7) is 3.92. The maximum atomic E-state index is 5.33. The molecule has 0 aliphatic heterocycles. The second-order valence-electron chi connectivity index (χ2n) is 3.46. The number of methoxy groups -OCH3 is 1. The molecule has 0 amide bonds. The van der Waals surface area contributed by atoms with E-state index in [1.807, 2.05) is 24.5 Å². The third kappa shape index (κ3) is 6.50. The van der Waals surface area contributed by atoms with Gasteiger partial charge in [-0.3, -0.25) is 4.98 Å². The van der Waals surface area contributed by atoms with Gasteiger partial charge >= 0.3 is 0 Å². The summed E-state index contributed by atoms with van der Waals surface area (Å²) in [5, 5.41) is 3.32. The molecule has 16 heavy (non-hydrogen) atoms. The SMILES string of the molecule is COCCOCCNCCc1ccncc1. The number of nitrogens with one attached hydrogen (secondary N) is 1. The molecule has 4 nitrogen and oxygen atoms in total. The lowest BCUT2D eigenvalue weighted by atomic mass is 10.2. The van der Waals surface area contributed by atoms with Gasteiger partial charge in [-0.2, -0.15) is 0 Å². The van der Waals surface area contributed by atoms with Gasteiger partial charge in [0.1, 0.15) is 0 Å². The molecule has 0 bridgehead atoms. The highest BCUT2D eigenvalue weighted by Gasteiger charge is 1.92. The number of aromatic nitrogens is 1. The molecule has 4 heteroatoms.